The zero-order chi connectivity index (χ0) is 18.6. The van der Waals surface area contributed by atoms with E-state index in [9.17, 15) is 24.8 Å². The minimum Gasteiger partial charge on any atom is -0.480 e. The SMILES string of the molecule is CC1(C)S[C@H]2N(C(=O)[C@]2(C#N)NC(=O)C(N)c2ccsc2)[C@H]1C(=O)O. The molecule has 1 aromatic heterocycles. The van der Waals surface area contributed by atoms with Gasteiger partial charge < -0.3 is 21.1 Å². The van der Waals surface area contributed by atoms with Crippen molar-refractivity contribution < 1.29 is 19.5 Å². The third-order valence-electron chi connectivity index (χ3n) is 4.46. The van der Waals surface area contributed by atoms with E-state index in [2.05, 4.69) is 5.32 Å². The number of aliphatic carboxylic acids is 1. The van der Waals surface area contributed by atoms with Gasteiger partial charge >= 0.3 is 5.97 Å². The Hall–Kier alpha value is -2.09. The fourth-order valence-corrected chi connectivity index (χ4v) is 5.52. The van der Waals surface area contributed by atoms with Gasteiger partial charge in [0.1, 0.15) is 23.5 Å². The summed E-state index contributed by atoms with van der Waals surface area (Å²) in [4.78, 5) is 37.8. The van der Waals surface area contributed by atoms with Crippen molar-refractivity contribution >= 4 is 40.9 Å². The van der Waals surface area contributed by atoms with Crippen molar-refractivity contribution in [1.29, 1.82) is 5.26 Å². The van der Waals surface area contributed by atoms with Crippen molar-refractivity contribution in [2.24, 2.45) is 5.73 Å². The molecule has 1 aromatic rings. The van der Waals surface area contributed by atoms with Crippen LogP contribution in [0.4, 0.5) is 0 Å². The van der Waals surface area contributed by atoms with E-state index in [1.165, 1.54) is 23.1 Å². The number of hydrogen-bond acceptors (Lipinski definition) is 7. The van der Waals surface area contributed by atoms with Crippen molar-refractivity contribution in [1.82, 2.24) is 10.2 Å². The topological polar surface area (TPSA) is 137 Å². The van der Waals surface area contributed by atoms with E-state index in [4.69, 9.17) is 5.73 Å². The third kappa shape index (κ3) is 2.42. The molecule has 2 amide bonds. The minimum atomic E-state index is -1.79. The second kappa shape index (κ2) is 5.72. The summed E-state index contributed by atoms with van der Waals surface area (Å²) in [6.07, 6.45) is 0. The van der Waals surface area contributed by atoms with Gasteiger partial charge in [0.2, 0.25) is 11.4 Å². The van der Waals surface area contributed by atoms with Crippen LogP contribution >= 0.6 is 23.1 Å². The maximum absolute atomic E-state index is 12.6. The molecule has 0 aliphatic carbocycles. The predicted octanol–water partition coefficient (Wildman–Crippen LogP) is 0.273. The van der Waals surface area contributed by atoms with Crippen LogP contribution in [-0.2, 0) is 14.4 Å². The molecule has 1 unspecified atom stereocenters. The molecule has 25 heavy (non-hydrogen) atoms. The van der Waals surface area contributed by atoms with E-state index >= 15 is 0 Å². The molecule has 2 saturated heterocycles. The summed E-state index contributed by atoms with van der Waals surface area (Å²) in [5, 5.41) is 24.2. The Morgan fingerprint density at radius 1 is 1.52 bits per heavy atom. The van der Waals surface area contributed by atoms with Crippen LogP contribution in [0.1, 0.15) is 25.5 Å². The summed E-state index contributed by atoms with van der Waals surface area (Å²) < 4.78 is -0.787. The van der Waals surface area contributed by atoms with Crippen molar-refractivity contribution in [2.45, 2.75) is 41.6 Å². The molecule has 0 spiro atoms. The number of thioether (sulfide) groups is 1. The number of carbonyl (C=O) groups excluding carboxylic acids is 2. The monoisotopic (exact) mass is 380 g/mol. The first-order valence-corrected chi connectivity index (χ1v) is 9.22. The molecule has 4 N–H and O–H groups in total. The number of carboxylic acids is 1. The van der Waals surface area contributed by atoms with E-state index in [1.807, 2.05) is 6.07 Å². The molecule has 2 aliphatic rings. The predicted molar refractivity (Wildman–Crippen MR) is 91.5 cm³/mol. The quantitative estimate of drug-likeness (QED) is 0.638. The number of nitrogens with two attached hydrogens (primary N) is 1. The molecule has 10 heteroatoms. The van der Waals surface area contributed by atoms with Crippen LogP contribution in [0.5, 0.6) is 0 Å². The van der Waals surface area contributed by atoms with Gasteiger partial charge in [-0.2, -0.15) is 16.6 Å². The second-order valence-electron chi connectivity index (χ2n) is 6.47. The van der Waals surface area contributed by atoms with Crippen LogP contribution in [0.25, 0.3) is 0 Å². The number of carboxylic acid groups (broad SMARTS) is 1. The molecular formula is C15H16N4O4S2. The molecule has 0 aromatic carbocycles. The number of nitrogens with one attached hydrogen (secondary N) is 1. The Kier molecular flexibility index (Phi) is 4.06. The summed E-state index contributed by atoms with van der Waals surface area (Å²) in [5.41, 5.74) is 4.68. The largest absolute Gasteiger partial charge is 0.480 e. The molecule has 3 rings (SSSR count). The molecule has 0 bridgehead atoms. The third-order valence-corrected chi connectivity index (χ3v) is 6.80. The van der Waals surface area contributed by atoms with Crippen molar-refractivity contribution in [3.8, 4) is 6.07 Å². The van der Waals surface area contributed by atoms with E-state index in [1.54, 1.807) is 30.7 Å². The molecule has 4 atom stereocenters. The Morgan fingerprint density at radius 3 is 2.72 bits per heavy atom. The summed E-state index contributed by atoms with van der Waals surface area (Å²) in [6.45, 7) is 3.40. The first-order chi connectivity index (χ1) is 11.7. The van der Waals surface area contributed by atoms with Crippen molar-refractivity contribution in [3.63, 3.8) is 0 Å². The number of β-lactam (4-membered cyclic amide) rings is 1. The highest BCUT2D eigenvalue weighted by atomic mass is 32.2. The first-order valence-electron chi connectivity index (χ1n) is 7.40. The molecule has 2 aliphatic heterocycles. The normalized spacial score (nSPS) is 30.8. The fraction of sp³-hybridized carbons (Fsp3) is 0.467. The molecule has 8 nitrogen and oxygen atoms in total. The lowest BCUT2D eigenvalue weighted by atomic mass is 9.85. The summed E-state index contributed by atoms with van der Waals surface area (Å²) in [5.74, 6) is -2.50. The maximum Gasteiger partial charge on any atom is 0.327 e. The average Bonchev–Trinajstić information content (AvgIpc) is 3.16. The number of thiophene rings is 1. The van der Waals surface area contributed by atoms with Gasteiger partial charge in [0.25, 0.3) is 5.91 Å². The van der Waals surface area contributed by atoms with Gasteiger partial charge in [0, 0.05) is 4.75 Å². The first kappa shape index (κ1) is 17.7. The van der Waals surface area contributed by atoms with Gasteiger partial charge in [0.15, 0.2) is 0 Å². The van der Waals surface area contributed by atoms with Gasteiger partial charge in [-0.05, 0) is 36.2 Å². The van der Waals surface area contributed by atoms with Crippen LogP contribution < -0.4 is 11.1 Å². The Morgan fingerprint density at radius 2 is 2.20 bits per heavy atom. The maximum atomic E-state index is 12.6. The molecule has 3 heterocycles. The average molecular weight is 380 g/mol. The highest BCUT2D eigenvalue weighted by molar-refractivity contribution is 8.01. The fourth-order valence-electron chi connectivity index (χ4n) is 3.18. The molecule has 0 radical (unpaired) electrons. The summed E-state index contributed by atoms with van der Waals surface area (Å²) in [7, 11) is 0. The van der Waals surface area contributed by atoms with Gasteiger partial charge in [-0.25, -0.2) is 4.79 Å². The number of rotatable bonds is 4. The van der Waals surface area contributed by atoms with Crippen LogP contribution in [0.2, 0.25) is 0 Å². The van der Waals surface area contributed by atoms with Crippen molar-refractivity contribution in [2.75, 3.05) is 0 Å². The van der Waals surface area contributed by atoms with Gasteiger partial charge in [-0.1, -0.05) is 0 Å². The minimum absolute atomic E-state index is 0.585. The lowest BCUT2D eigenvalue weighted by Gasteiger charge is -2.49. The Bertz CT molecular complexity index is 788. The molecule has 0 saturated carbocycles. The summed E-state index contributed by atoms with van der Waals surface area (Å²) in [6, 6.07) is 1.50. The molecule has 132 valence electrons. The second-order valence-corrected chi connectivity index (χ2v) is 8.98. The van der Waals surface area contributed by atoms with E-state index < -0.39 is 45.5 Å². The van der Waals surface area contributed by atoms with E-state index in [0.717, 1.165) is 4.90 Å². The van der Waals surface area contributed by atoms with Gasteiger partial charge in [-0.3, -0.25) is 9.59 Å². The lowest BCUT2D eigenvalue weighted by molar-refractivity contribution is -0.165. The highest BCUT2D eigenvalue weighted by Crippen LogP contribution is 2.54. The number of carbonyl (C=O) groups is 3. The van der Waals surface area contributed by atoms with Crippen LogP contribution in [0.15, 0.2) is 16.8 Å². The molecule has 2 fully saturated rings. The lowest BCUT2D eigenvalue weighted by Crippen LogP contribution is -2.79. The van der Waals surface area contributed by atoms with Crippen molar-refractivity contribution in [3.05, 3.63) is 22.4 Å². The number of hydrogen-bond donors (Lipinski definition) is 3. The number of amides is 2. The number of nitriles is 1. The molecular weight excluding hydrogens is 364 g/mol. The standard InChI is InChI=1S/C15H16N4O4S2/c1-14(2)9(11(21)22)19-12(23)15(6-16,13(19)25-14)18-10(20)8(17)7-3-4-24-5-7/h3-5,8-9,13H,17H2,1-2H3,(H,18,20)(H,21,22)/t8?,9-,13+,15-/m0/s1. The summed E-state index contributed by atoms with van der Waals surface area (Å²) >= 11 is 2.57. The van der Waals surface area contributed by atoms with Crippen LogP contribution in [0, 0.1) is 11.3 Å². The van der Waals surface area contributed by atoms with Crippen LogP contribution in [0.3, 0.4) is 0 Å². The zero-order valence-electron chi connectivity index (χ0n) is 13.4. The van der Waals surface area contributed by atoms with E-state index in [-0.39, 0.29) is 0 Å². The van der Waals surface area contributed by atoms with Gasteiger partial charge in [-0.15, -0.1) is 11.8 Å². The van der Waals surface area contributed by atoms with E-state index in [0.29, 0.717) is 5.56 Å². The number of fused-ring (bicyclic) bond motifs is 1. The highest BCUT2D eigenvalue weighted by Gasteiger charge is 2.73. The zero-order valence-corrected chi connectivity index (χ0v) is 15.1. The Balaban J connectivity index is 1.86. The number of nitrogens with zero attached hydrogens (tertiary/aromatic N) is 2. The Labute approximate surface area is 152 Å². The van der Waals surface area contributed by atoms with Crippen LogP contribution in [-0.4, -0.2) is 49.5 Å². The van der Waals surface area contributed by atoms with Gasteiger partial charge in [0.05, 0.1) is 0 Å². The smallest absolute Gasteiger partial charge is 0.327 e.